The number of hydrogen-bond donors (Lipinski definition) is 1. The molecule has 0 bridgehead atoms. The second kappa shape index (κ2) is 7.64. The summed E-state index contributed by atoms with van der Waals surface area (Å²) >= 11 is 1.47. The van der Waals surface area contributed by atoms with E-state index in [4.69, 9.17) is 4.74 Å². The van der Waals surface area contributed by atoms with Crippen molar-refractivity contribution in [2.45, 2.75) is 32.7 Å². The van der Waals surface area contributed by atoms with Gasteiger partial charge in [0.25, 0.3) is 5.91 Å². The Morgan fingerprint density at radius 1 is 1.32 bits per heavy atom. The van der Waals surface area contributed by atoms with Gasteiger partial charge in [0.2, 0.25) is 0 Å². The summed E-state index contributed by atoms with van der Waals surface area (Å²) in [4.78, 5) is 19.4. The van der Waals surface area contributed by atoms with E-state index in [1.54, 1.807) is 0 Å². The van der Waals surface area contributed by atoms with E-state index in [2.05, 4.69) is 42.0 Å². The van der Waals surface area contributed by atoms with Crippen LogP contribution in [0.3, 0.4) is 0 Å². The Hall–Kier alpha value is -1.76. The summed E-state index contributed by atoms with van der Waals surface area (Å²) in [6.07, 6.45) is 0. The van der Waals surface area contributed by atoms with Crippen LogP contribution in [0, 0.1) is 0 Å². The first-order chi connectivity index (χ1) is 11.9. The molecule has 3 rings (SSSR count). The Kier molecular flexibility index (Phi) is 5.51. The van der Waals surface area contributed by atoms with Gasteiger partial charge in [-0.1, -0.05) is 32.9 Å². The first-order valence-corrected chi connectivity index (χ1v) is 9.46. The molecular weight excluding hydrogens is 334 g/mol. The zero-order valence-corrected chi connectivity index (χ0v) is 15.9. The van der Waals surface area contributed by atoms with Crippen LogP contribution in [0.4, 0.5) is 5.13 Å². The van der Waals surface area contributed by atoms with Crippen LogP contribution in [-0.2, 0) is 16.7 Å². The van der Waals surface area contributed by atoms with Crippen molar-refractivity contribution in [1.29, 1.82) is 0 Å². The molecule has 0 spiro atoms. The molecule has 1 N–H and O–H groups in total. The van der Waals surface area contributed by atoms with Gasteiger partial charge >= 0.3 is 0 Å². The van der Waals surface area contributed by atoms with Crippen molar-refractivity contribution in [3.8, 4) is 0 Å². The third-order valence-corrected chi connectivity index (χ3v) is 4.95. The number of morpholine rings is 1. The lowest BCUT2D eigenvalue weighted by molar-refractivity contribution is 0.0342. The summed E-state index contributed by atoms with van der Waals surface area (Å²) in [5.41, 5.74) is 2.79. The minimum atomic E-state index is -0.112. The lowest BCUT2D eigenvalue weighted by Gasteiger charge is -2.26. The molecule has 5 nitrogen and oxygen atoms in total. The molecule has 1 saturated heterocycles. The van der Waals surface area contributed by atoms with E-state index in [9.17, 15) is 4.79 Å². The van der Waals surface area contributed by atoms with E-state index in [1.165, 1.54) is 11.3 Å². The summed E-state index contributed by atoms with van der Waals surface area (Å²) in [5, 5.41) is 5.57. The smallest absolute Gasteiger partial charge is 0.257 e. The van der Waals surface area contributed by atoms with Crippen molar-refractivity contribution in [2.75, 3.05) is 31.6 Å². The fraction of sp³-hybridized carbons (Fsp3) is 0.474. The van der Waals surface area contributed by atoms with Crippen molar-refractivity contribution in [3.63, 3.8) is 0 Å². The quantitative estimate of drug-likeness (QED) is 0.907. The Bertz CT molecular complexity index is 730. The molecule has 2 aromatic rings. The third kappa shape index (κ3) is 4.87. The number of anilines is 1. The number of aromatic nitrogens is 1. The number of hydrogen-bond acceptors (Lipinski definition) is 5. The number of thiazole rings is 1. The first-order valence-electron chi connectivity index (χ1n) is 8.58. The minimum Gasteiger partial charge on any atom is -0.379 e. The molecule has 1 aromatic heterocycles. The number of rotatable bonds is 4. The van der Waals surface area contributed by atoms with Gasteiger partial charge in [-0.3, -0.25) is 15.0 Å². The number of ether oxygens (including phenoxy) is 1. The monoisotopic (exact) mass is 359 g/mol. The molecule has 1 aliphatic heterocycles. The average molecular weight is 359 g/mol. The van der Waals surface area contributed by atoms with Crippen molar-refractivity contribution in [3.05, 3.63) is 46.5 Å². The lowest BCUT2D eigenvalue weighted by Crippen LogP contribution is -2.35. The molecule has 2 heterocycles. The van der Waals surface area contributed by atoms with Gasteiger partial charge < -0.3 is 4.74 Å². The minimum absolute atomic E-state index is 0.0163. The summed E-state index contributed by atoms with van der Waals surface area (Å²) in [5.74, 6) is -0.112. The molecule has 6 heteroatoms. The van der Waals surface area contributed by atoms with Gasteiger partial charge in [0.15, 0.2) is 5.13 Å². The molecule has 1 aromatic carbocycles. The molecule has 0 radical (unpaired) electrons. The first kappa shape index (κ1) is 18.0. The maximum atomic E-state index is 12.5. The summed E-state index contributed by atoms with van der Waals surface area (Å²) in [6, 6.07) is 7.81. The van der Waals surface area contributed by atoms with E-state index < -0.39 is 0 Å². The molecule has 0 aliphatic carbocycles. The standard InChI is InChI=1S/C19H25N3O2S/c1-19(2,3)16-13-25-18(20-16)21-17(23)15-6-4-5-14(11-15)12-22-7-9-24-10-8-22/h4-6,11,13H,7-10,12H2,1-3H3,(H,20,21,23). The average Bonchev–Trinajstić information content (AvgIpc) is 3.05. The number of nitrogens with one attached hydrogen (secondary N) is 1. The van der Waals surface area contributed by atoms with Gasteiger partial charge in [-0.25, -0.2) is 4.98 Å². The zero-order chi connectivity index (χ0) is 17.9. The number of carbonyl (C=O) groups is 1. The Balaban J connectivity index is 1.65. The van der Waals surface area contributed by atoms with E-state index in [0.717, 1.165) is 44.1 Å². The predicted octanol–water partition coefficient (Wildman–Crippen LogP) is 3.53. The highest BCUT2D eigenvalue weighted by Crippen LogP contribution is 2.26. The van der Waals surface area contributed by atoms with Crippen molar-refractivity contribution < 1.29 is 9.53 Å². The number of carbonyl (C=O) groups excluding carboxylic acids is 1. The van der Waals surface area contributed by atoms with Crippen molar-refractivity contribution in [1.82, 2.24) is 9.88 Å². The molecule has 134 valence electrons. The van der Waals surface area contributed by atoms with Crippen LogP contribution in [0.2, 0.25) is 0 Å². The number of amides is 1. The van der Waals surface area contributed by atoms with Gasteiger partial charge in [0.1, 0.15) is 0 Å². The number of benzene rings is 1. The fourth-order valence-corrected chi connectivity index (χ4v) is 3.61. The lowest BCUT2D eigenvalue weighted by atomic mass is 9.93. The molecule has 0 saturated carbocycles. The van der Waals surface area contributed by atoms with Crippen molar-refractivity contribution >= 4 is 22.4 Å². The maximum absolute atomic E-state index is 12.5. The molecule has 0 atom stereocenters. The predicted molar refractivity (Wildman–Crippen MR) is 101 cm³/mol. The van der Waals surface area contributed by atoms with Gasteiger partial charge in [-0.15, -0.1) is 11.3 Å². The zero-order valence-electron chi connectivity index (χ0n) is 15.0. The van der Waals surface area contributed by atoms with Crippen LogP contribution >= 0.6 is 11.3 Å². The molecule has 1 aliphatic rings. The molecule has 25 heavy (non-hydrogen) atoms. The van der Waals surface area contributed by atoms with Crippen LogP contribution in [0.5, 0.6) is 0 Å². The highest BCUT2D eigenvalue weighted by molar-refractivity contribution is 7.14. The van der Waals surface area contributed by atoms with Gasteiger partial charge in [-0.05, 0) is 17.7 Å². The largest absolute Gasteiger partial charge is 0.379 e. The molecule has 1 amide bonds. The summed E-state index contributed by atoms with van der Waals surface area (Å²) < 4.78 is 5.38. The molecule has 0 unspecified atom stereocenters. The Labute approximate surface area is 153 Å². The van der Waals surface area contributed by atoms with E-state index in [0.29, 0.717) is 10.7 Å². The van der Waals surface area contributed by atoms with Gasteiger partial charge in [-0.2, -0.15) is 0 Å². The Morgan fingerprint density at radius 3 is 2.76 bits per heavy atom. The fourth-order valence-electron chi connectivity index (χ4n) is 2.67. The normalized spacial score (nSPS) is 16.0. The SMILES string of the molecule is CC(C)(C)c1csc(NC(=O)c2cccc(CN3CCOCC3)c2)n1. The third-order valence-electron chi connectivity index (χ3n) is 4.19. The number of nitrogens with zero attached hydrogens (tertiary/aromatic N) is 2. The van der Waals surface area contributed by atoms with E-state index in [1.807, 2.05) is 23.6 Å². The van der Waals surface area contributed by atoms with Crippen LogP contribution in [-0.4, -0.2) is 42.1 Å². The van der Waals surface area contributed by atoms with Crippen LogP contribution in [0.1, 0.15) is 42.4 Å². The molecule has 1 fully saturated rings. The van der Waals surface area contributed by atoms with E-state index in [-0.39, 0.29) is 11.3 Å². The summed E-state index contributed by atoms with van der Waals surface area (Å²) in [7, 11) is 0. The maximum Gasteiger partial charge on any atom is 0.257 e. The van der Waals surface area contributed by atoms with Crippen molar-refractivity contribution in [2.24, 2.45) is 0 Å². The second-order valence-electron chi connectivity index (χ2n) is 7.33. The topological polar surface area (TPSA) is 54.5 Å². The van der Waals surface area contributed by atoms with Crippen LogP contribution < -0.4 is 5.32 Å². The van der Waals surface area contributed by atoms with E-state index >= 15 is 0 Å². The summed E-state index contributed by atoms with van der Waals surface area (Å²) in [6.45, 7) is 10.6. The van der Waals surface area contributed by atoms with Crippen LogP contribution in [0.15, 0.2) is 29.6 Å². The van der Waals surface area contributed by atoms with Crippen LogP contribution in [0.25, 0.3) is 0 Å². The highest BCUT2D eigenvalue weighted by atomic mass is 32.1. The second-order valence-corrected chi connectivity index (χ2v) is 8.19. The van der Waals surface area contributed by atoms with Gasteiger partial charge in [0.05, 0.1) is 18.9 Å². The highest BCUT2D eigenvalue weighted by Gasteiger charge is 2.18. The van der Waals surface area contributed by atoms with Gasteiger partial charge in [0, 0.05) is 36.0 Å². The molecular formula is C19H25N3O2S. The Morgan fingerprint density at radius 2 is 2.08 bits per heavy atom.